The smallest absolute Gasteiger partial charge is 0.208 e. The van der Waals surface area contributed by atoms with Gasteiger partial charge in [0, 0.05) is 25.3 Å². The van der Waals surface area contributed by atoms with E-state index < -0.39 is 0 Å². The lowest BCUT2D eigenvalue weighted by Crippen LogP contribution is -2.38. The van der Waals surface area contributed by atoms with Gasteiger partial charge >= 0.3 is 0 Å². The fraction of sp³-hybridized carbons (Fsp3) is 0.538. The largest absolute Gasteiger partial charge is 0.378 e. The molecule has 0 bridgehead atoms. The lowest BCUT2D eigenvalue weighted by molar-refractivity contribution is 0.121. The second kappa shape index (κ2) is 4.57. The first-order valence-electron chi connectivity index (χ1n) is 6.43. The molecule has 5 nitrogen and oxygen atoms in total. The summed E-state index contributed by atoms with van der Waals surface area (Å²) in [5.74, 6) is 1.02. The van der Waals surface area contributed by atoms with E-state index >= 15 is 0 Å². The van der Waals surface area contributed by atoms with E-state index in [1.165, 1.54) is 0 Å². The highest BCUT2D eigenvalue weighted by molar-refractivity contribution is 5.75. The molecule has 0 radical (unpaired) electrons. The van der Waals surface area contributed by atoms with Gasteiger partial charge in [-0.3, -0.25) is 0 Å². The Kier molecular flexibility index (Phi) is 2.91. The second-order valence-corrected chi connectivity index (χ2v) is 4.82. The molecule has 96 valence electrons. The minimum atomic E-state index is 0.372. The summed E-state index contributed by atoms with van der Waals surface area (Å²) >= 11 is 0. The van der Waals surface area contributed by atoms with Crippen LogP contribution in [0.5, 0.6) is 0 Å². The van der Waals surface area contributed by atoms with E-state index in [2.05, 4.69) is 39.3 Å². The fourth-order valence-corrected chi connectivity index (χ4v) is 2.41. The molecular weight excluding hydrogens is 228 g/mol. The van der Waals surface area contributed by atoms with Crippen molar-refractivity contribution in [2.24, 2.45) is 0 Å². The summed E-state index contributed by atoms with van der Waals surface area (Å²) < 4.78 is 7.66. The van der Waals surface area contributed by atoms with E-state index in [9.17, 15) is 0 Å². The van der Waals surface area contributed by atoms with Crippen molar-refractivity contribution in [1.82, 2.24) is 14.5 Å². The summed E-state index contributed by atoms with van der Waals surface area (Å²) in [5.41, 5.74) is 1.93. The summed E-state index contributed by atoms with van der Waals surface area (Å²) in [4.78, 5) is 11.3. The highest BCUT2D eigenvalue weighted by Gasteiger charge is 2.20. The van der Waals surface area contributed by atoms with E-state index in [4.69, 9.17) is 4.74 Å². The number of rotatable bonds is 2. The van der Waals surface area contributed by atoms with Crippen molar-refractivity contribution in [2.75, 3.05) is 31.2 Å². The number of pyridine rings is 1. The van der Waals surface area contributed by atoms with Gasteiger partial charge in [0.2, 0.25) is 5.95 Å². The normalized spacial score (nSPS) is 16.7. The van der Waals surface area contributed by atoms with Crippen LogP contribution in [0.3, 0.4) is 0 Å². The van der Waals surface area contributed by atoms with Crippen molar-refractivity contribution in [3.05, 3.63) is 18.3 Å². The summed E-state index contributed by atoms with van der Waals surface area (Å²) in [5, 5.41) is 0. The Hall–Kier alpha value is -1.62. The Morgan fingerprint density at radius 3 is 2.78 bits per heavy atom. The van der Waals surface area contributed by atoms with Crippen LogP contribution in [0.2, 0.25) is 0 Å². The SMILES string of the molecule is CC(C)n1c(N2CCOCC2)nc2ncccc21. The van der Waals surface area contributed by atoms with E-state index in [1.807, 2.05) is 6.07 Å². The monoisotopic (exact) mass is 246 g/mol. The molecule has 1 aliphatic heterocycles. The van der Waals surface area contributed by atoms with Gasteiger partial charge in [0.25, 0.3) is 0 Å². The van der Waals surface area contributed by atoms with Crippen molar-refractivity contribution >= 4 is 17.1 Å². The Bertz CT molecular complexity index is 543. The minimum Gasteiger partial charge on any atom is -0.378 e. The third kappa shape index (κ3) is 1.84. The highest BCUT2D eigenvalue weighted by Crippen LogP contribution is 2.26. The number of fused-ring (bicyclic) bond motifs is 1. The number of aromatic nitrogens is 3. The van der Waals surface area contributed by atoms with Crippen molar-refractivity contribution in [3.8, 4) is 0 Å². The van der Waals surface area contributed by atoms with E-state index in [0.717, 1.165) is 43.4 Å². The molecule has 5 heteroatoms. The molecule has 0 atom stereocenters. The summed E-state index contributed by atoms with van der Waals surface area (Å²) in [6.45, 7) is 7.70. The standard InChI is InChI=1S/C13H18N4O/c1-10(2)17-11-4-3-5-14-12(11)15-13(17)16-6-8-18-9-7-16/h3-5,10H,6-9H2,1-2H3. The molecule has 3 heterocycles. The molecule has 0 amide bonds. The van der Waals surface area contributed by atoms with E-state index in [-0.39, 0.29) is 0 Å². The molecule has 0 unspecified atom stereocenters. The number of imidazole rings is 1. The number of hydrogen-bond donors (Lipinski definition) is 0. The van der Waals surface area contributed by atoms with Crippen LogP contribution in [0, 0.1) is 0 Å². The van der Waals surface area contributed by atoms with E-state index in [1.54, 1.807) is 6.20 Å². The van der Waals surface area contributed by atoms with Crippen LogP contribution in [0.15, 0.2) is 18.3 Å². The molecule has 0 aromatic carbocycles. The zero-order valence-electron chi connectivity index (χ0n) is 10.8. The predicted molar refractivity (Wildman–Crippen MR) is 70.9 cm³/mol. The summed E-state index contributed by atoms with van der Waals surface area (Å²) in [7, 11) is 0. The molecule has 0 spiro atoms. The molecule has 18 heavy (non-hydrogen) atoms. The Morgan fingerprint density at radius 2 is 2.06 bits per heavy atom. The Morgan fingerprint density at radius 1 is 1.28 bits per heavy atom. The maximum Gasteiger partial charge on any atom is 0.208 e. The zero-order valence-corrected chi connectivity index (χ0v) is 10.8. The molecule has 0 aliphatic carbocycles. The molecule has 0 N–H and O–H groups in total. The van der Waals surface area contributed by atoms with Gasteiger partial charge in [-0.05, 0) is 26.0 Å². The molecule has 1 fully saturated rings. The lowest BCUT2D eigenvalue weighted by Gasteiger charge is -2.29. The molecule has 2 aromatic heterocycles. The first-order valence-corrected chi connectivity index (χ1v) is 6.43. The Balaban J connectivity index is 2.11. The molecule has 3 rings (SSSR count). The maximum atomic E-state index is 5.40. The van der Waals surface area contributed by atoms with E-state index in [0.29, 0.717) is 6.04 Å². The molecule has 2 aromatic rings. The highest BCUT2D eigenvalue weighted by atomic mass is 16.5. The average Bonchev–Trinajstić information content (AvgIpc) is 2.79. The molecule has 1 aliphatic rings. The van der Waals surface area contributed by atoms with Gasteiger partial charge < -0.3 is 14.2 Å². The van der Waals surface area contributed by atoms with Crippen LogP contribution in [0.1, 0.15) is 19.9 Å². The van der Waals surface area contributed by atoms with Gasteiger partial charge in [0.1, 0.15) is 0 Å². The predicted octanol–water partition coefficient (Wildman–Crippen LogP) is 1.85. The summed E-state index contributed by atoms with van der Waals surface area (Å²) in [6.07, 6.45) is 1.79. The fourth-order valence-electron chi connectivity index (χ4n) is 2.41. The minimum absolute atomic E-state index is 0.372. The molecule has 0 saturated carbocycles. The third-order valence-electron chi connectivity index (χ3n) is 3.26. The first kappa shape index (κ1) is 11.5. The molecular formula is C13H18N4O. The number of hydrogen-bond acceptors (Lipinski definition) is 4. The van der Waals surface area contributed by atoms with Crippen LogP contribution in [-0.4, -0.2) is 40.8 Å². The average molecular weight is 246 g/mol. The van der Waals surface area contributed by atoms with Gasteiger partial charge in [-0.15, -0.1) is 0 Å². The van der Waals surface area contributed by atoms with Gasteiger partial charge in [-0.2, -0.15) is 4.98 Å². The number of morpholine rings is 1. The summed E-state index contributed by atoms with van der Waals surface area (Å²) in [6, 6.07) is 4.42. The van der Waals surface area contributed by atoms with Crippen LogP contribution >= 0.6 is 0 Å². The van der Waals surface area contributed by atoms with Gasteiger partial charge in [-0.1, -0.05) is 0 Å². The van der Waals surface area contributed by atoms with Crippen LogP contribution in [-0.2, 0) is 4.74 Å². The van der Waals surface area contributed by atoms with Crippen LogP contribution in [0.25, 0.3) is 11.2 Å². The number of ether oxygens (including phenoxy) is 1. The van der Waals surface area contributed by atoms with Crippen molar-refractivity contribution in [3.63, 3.8) is 0 Å². The second-order valence-electron chi connectivity index (χ2n) is 4.82. The topological polar surface area (TPSA) is 43.2 Å². The lowest BCUT2D eigenvalue weighted by atomic mass is 10.3. The maximum absolute atomic E-state index is 5.40. The van der Waals surface area contributed by atoms with Gasteiger partial charge in [0.15, 0.2) is 5.65 Å². The van der Waals surface area contributed by atoms with Crippen molar-refractivity contribution in [2.45, 2.75) is 19.9 Å². The third-order valence-corrected chi connectivity index (χ3v) is 3.26. The van der Waals surface area contributed by atoms with Gasteiger partial charge in [-0.25, -0.2) is 4.98 Å². The number of nitrogens with zero attached hydrogens (tertiary/aromatic N) is 4. The van der Waals surface area contributed by atoms with Crippen molar-refractivity contribution in [1.29, 1.82) is 0 Å². The van der Waals surface area contributed by atoms with Crippen LogP contribution in [0.4, 0.5) is 5.95 Å². The quantitative estimate of drug-likeness (QED) is 0.811. The van der Waals surface area contributed by atoms with Gasteiger partial charge in [0.05, 0.1) is 18.7 Å². The van der Waals surface area contributed by atoms with Crippen molar-refractivity contribution < 1.29 is 4.74 Å². The number of anilines is 1. The first-order chi connectivity index (χ1) is 8.77. The Labute approximate surface area is 106 Å². The molecule has 1 saturated heterocycles. The zero-order chi connectivity index (χ0) is 12.5. The van der Waals surface area contributed by atoms with Crippen LogP contribution < -0.4 is 4.90 Å².